The second-order valence-corrected chi connectivity index (χ2v) is 2.94. The van der Waals surface area contributed by atoms with E-state index in [9.17, 15) is 0 Å². The third-order valence-electron chi connectivity index (χ3n) is 1.86. The maximum Gasteiger partial charge on any atom is 0.214 e. The Balaban J connectivity index is 2.34. The van der Waals surface area contributed by atoms with Gasteiger partial charge in [-0.1, -0.05) is 0 Å². The molecule has 0 saturated heterocycles. The van der Waals surface area contributed by atoms with Crippen molar-refractivity contribution in [2.75, 3.05) is 25.6 Å². The third kappa shape index (κ3) is 3.62. The van der Waals surface area contributed by atoms with Gasteiger partial charge in [0, 0.05) is 31.1 Å². The summed E-state index contributed by atoms with van der Waals surface area (Å²) in [5, 5.41) is 11.8. The lowest BCUT2D eigenvalue weighted by Crippen LogP contribution is -2.02. The van der Waals surface area contributed by atoms with Gasteiger partial charge in [-0.2, -0.15) is 0 Å². The summed E-state index contributed by atoms with van der Waals surface area (Å²) in [6, 6.07) is 3.74. The molecule has 14 heavy (non-hydrogen) atoms. The Morgan fingerprint density at radius 1 is 1.50 bits per heavy atom. The first-order chi connectivity index (χ1) is 6.86. The molecular weight excluding hydrogens is 180 g/mol. The van der Waals surface area contributed by atoms with E-state index in [0.717, 1.165) is 25.1 Å². The highest BCUT2D eigenvalue weighted by Gasteiger charge is 1.95. The molecule has 0 aliphatic carbocycles. The molecule has 0 radical (unpaired) electrons. The molecule has 0 aliphatic heterocycles. The zero-order valence-electron chi connectivity index (χ0n) is 8.36. The molecule has 2 N–H and O–H groups in total. The van der Waals surface area contributed by atoms with Gasteiger partial charge in [-0.3, -0.25) is 0 Å². The number of aliphatic hydroxyl groups excluding tert-OH is 1. The number of pyridine rings is 1. The van der Waals surface area contributed by atoms with Crippen LogP contribution in [0.15, 0.2) is 18.3 Å². The van der Waals surface area contributed by atoms with Crippen LogP contribution in [0, 0.1) is 0 Å². The quantitative estimate of drug-likeness (QED) is 0.673. The van der Waals surface area contributed by atoms with E-state index in [1.165, 1.54) is 0 Å². The van der Waals surface area contributed by atoms with Crippen molar-refractivity contribution in [1.82, 2.24) is 4.98 Å². The monoisotopic (exact) mass is 196 g/mol. The normalized spacial score (nSPS) is 9.86. The smallest absolute Gasteiger partial charge is 0.214 e. The molecule has 4 heteroatoms. The van der Waals surface area contributed by atoms with E-state index < -0.39 is 0 Å². The molecule has 4 nitrogen and oxygen atoms in total. The second kappa shape index (κ2) is 6.21. The van der Waals surface area contributed by atoms with Crippen molar-refractivity contribution < 1.29 is 9.84 Å². The number of ether oxygens (including phenoxy) is 1. The van der Waals surface area contributed by atoms with E-state index in [1.807, 2.05) is 12.1 Å². The van der Waals surface area contributed by atoms with Gasteiger partial charge in [-0.15, -0.1) is 0 Å². The molecule has 1 aromatic heterocycles. The fraction of sp³-hybridized carbons (Fsp3) is 0.500. The number of methoxy groups -OCH3 is 1. The number of hydrogen-bond acceptors (Lipinski definition) is 4. The Kier molecular flexibility index (Phi) is 4.78. The number of nitrogens with one attached hydrogen (secondary N) is 1. The molecule has 0 bridgehead atoms. The van der Waals surface area contributed by atoms with Gasteiger partial charge in [-0.25, -0.2) is 4.98 Å². The molecule has 0 saturated carbocycles. The van der Waals surface area contributed by atoms with Crippen LogP contribution in [0.2, 0.25) is 0 Å². The van der Waals surface area contributed by atoms with Crippen LogP contribution < -0.4 is 10.1 Å². The molecule has 1 heterocycles. The molecule has 78 valence electrons. The second-order valence-electron chi connectivity index (χ2n) is 2.94. The summed E-state index contributed by atoms with van der Waals surface area (Å²) in [4.78, 5) is 4.00. The molecule has 0 aromatic carbocycles. The zero-order valence-corrected chi connectivity index (χ0v) is 8.36. The van der Waals surface area contributed by atoms with Crippen molar-refractivity contribution >= 4 is 5.69 Å². The highest BCUT2D eigenvalue weighted by Crippen LogP contribution is 2.13. The van der Waals surface area contributed by atoms with Crippen LogP contribution in [-0.2, 0) is 0 Å². The van der Waals surface area contributed by atoms with Crippen molar-refractivity contribution in [3.05, 3.63) is 18.3 Å². The third-order valence-corrected chi connectivity index (χ3v) is 1.86. The summed E-state index contributed by atoms with van der Waals surface area (Å²) in [5.74, 6) is 0.608. The first-order valence-corrected chi connectivity index (χ1v) is 4.71. The highest BCUT2D eigenvalue weighted by molar-refractivity contribution is 5.44. The van der Waals surface area contributed by atoms with E-state index in [4.69, 9.17) is 9.84 Å². The molecule has 0 aliphatic rings. The van der Waals surface area contributed by atoms with Gasteiger partial charge in [-0.05, 0) is 18.9 Å². The highest BCUT2D eigenvalue weighted by atomic mass is 16.5. The van der Waals surface area contributed by atoms with E-state index in [0.29, 0.717) is 5.88 Å². The average Bonchev–Trinajstić information content (AvgIpc) is 2.25. The molecule has 1 rings (SSSR count). The summed E-state index contributed by atoms with van der Waals surface area (Å²) in [7, 11) is 1.60. The number of aromatic nitrogens is 1. The average molecular weight is 196 g/mol. The van der Waals surface area contributed by atoms with E-state index in [-0.39, 0.29) is 6.61 Å². The number of hydrogen-bond donors (Lipinski definition) is 2. The van der Waals surface area contributed by atoms with Crippen LogP contribution in [0.1, 0.15) is 12.8 Å². The van der Waals surface area contributed by atoms with Crippen LogP contribution >= 0.6 is 0 Å². The van der Waals surface area contributed by atoms with Gasteiger partial charge >= 0.3 is 0 Å². The van der Waals surface area contributed by atoms with Crippen molar-refractivity contribution in [2.45, 2.75) is 12.8 Å². The van der Waals surface area contributed by atoms with E-state index in [2.05, 4.69) is 10.3 Å². The minimum atomic E-state index is 0.251. The molecule has 0 unspecified atom stereocenters. The molecular formula is C10H16N2O2. The lowest BCUT2D eigenvalue weighted by molar-refractivity contribution is 0.286. The minimum Gasteiger partial charge on any atom is -0.481 e. The maximum absolute atomic E-state index is 8.59. The molecule has 0 atom stereocenters. The number of aliphatic hydroxyl groups is 1. The number of rotatable bonds is 6. The van der Waals surface area contributed by atoms with Gasteiger partial charge in [0.15, 0.2) is 0 Å². The van der Waals surface area contributed by atoms with Gasteiger partial charge in [0.1, 0.15) is 0 Å². The first kappa shape index (κ1) is 10.8. The lowest BCUT2D eigenvalue weighted by Gasteiger charge is -2.06. The predicted molar refractivity (Wildman–Crippen MR) is 55.6 cm³/mol. The Hall–Kier alpha value is -1.29. The molecule has 1 aromatic rings. The lowest BCUT2D eigenvalue weighted by atomic mass is 10.3. The Morgan fingerprint density at radius 3 is 3.07 bits per heavy atom. The SMILES string of the molecule is COc1cc(NCCCCO)ccn1. The van der Waals surface area contributed by atoms with Crippen LogP contribution in [-0.4, -0.2) is 30.4 Å². The van der Waals surface area contributed by atoms with Crippen LogP contribution in [0.25, 0.3) is 0 Å². The fourth-order valence-corrected chi connectivity index (χ4v) is 1.10. The zero-order chi connectivity index (χ0) is 10.2. The van der Waals surface area contributed by atoms with Gasteiger partial charge in [0.2, 0.25) is 5.88 Å². The number of nitrogens with zero attached hydrogens (tertiary/aromatic N) is 1. The van der Waals surface area contributed by atoms with Gasteiger partial charge in [0.25, 0.3) is 0 Å². The van der Waals surface area contributed by atoms with Crippen molar-refractivity contribution in [1.29, 1.82) is 0 Å². The molecule has 0 amide bonds. The van der Waals surface area contributed by atoms with Crippen LogP contribution in [0.5, 0.6) is 5.88 Å². The van der Waals surface area contributed by atoms with E-state index in [1.54, 1.807) is 13.3 Å². The Bertz CT molecular complexity index is 266. The topological polar surface area (TPSA) is 54.4 Å². The predicted octanol–water partition coefficient (Wildman–Crippen LogP) is 1.27. The molecule has 0 spiro atoms. The maximum atomic E-state index is 8.59. The van der Waals surface area contributed by atoms with Crippen molar-refractivity contribution in [2.24, 2.45) is 0 Å². The Morgan fingerprint density at radius 2 is 2.36 bits per heavy atom. The van der Waals surface area contributed by atoms with Crippen LogP contribution in [0.3, 0.4) is 0 Å². The first-order valence-electron chi connectivity index (χ1n) is 4.71. The van der Waals surface area contributed by atoms with Gasteiger partial charge < -0.3 is 15.2 Å². The van der Waals surface area contributed by atoms with Gasteiger partial charge in [0.05, 0.1) is 7.11 Å². The summed E-state index contributed by atoms with van der Waals surface area (Å²) in [6.45, 7) is 1.11. The fourth-order valence-electron chi connectivity index (χ4n) is 1.10. The van der Waals surface area contributed by atoms with Crippen molar-refractivity contribution in [3.63, 3.8) is 0 Å². The summed E-state index contributed by atoms with van der Waals surface area (Å²) in [5.41, 5.74) is 0.995. The summed E-state index contributed by atoms with van der Waals surface area (Å²) >= 11 is 0. The summed E-state index contributed by atoms with van der Waals surface area (Å²) < 4.78 is 4.99. The largest absolute Gasteiger partial charge is 0.481 e. The minimum absolute atomic E-state index is 0.251. The molecule has 0 fully saturated rings. The summed E-state index contributed by atoms with van der Waals surface area (Å²) in [6.07, 6.45) is 3.49. The number of anilines is 1. The van der Waals surface area contributed by atoms with Crippen LogP contribution in [0.4, 0.5) is 5.69 Å². The van der Waals surface area contributed by atoms with Crippen molar-refractivity contribution in [3.8, 4) is 5.88 Å². The Labute approximate surface area is 83.9 Å². The van der Waals surface area contributed by atoms with E-state index >= 15 is 0 Å². The number of unbranched alkanes of at least 4 members (excludes halogenated alkanes) is 1. The standard InChI is InChI=1S/C10H16N2O2/c1-14-10-8-9(4-6-12-10)11-5-2-3-7-13/h4,6,8,13H,2-3,5,7H2,1H3,(H,11,12).